The Balaban J connectivity index is 1.58. The van der Waals surface area contributed by atoms with Crippen LogP contribution in [0.5, 0.6) is 11.5 Å². The van der Waals surface area contributed by atoms with Crippen LogP contribution in [0.15, 0.2) is 42.5 Å². The molecule has 1 saturated heterocycles. The number of anilines is 2. The lowest BCUT2D eigenvalue weighted by Crippen LogP contribution is -2.50. The first-order valence-electron chi connectivity index (χ1n) is 9.26. The Kier molecular flexibility index (Phi) is 6.06. The number of rotatable bonds is 5. The van der Waals surface area contributed by atoms with E-state index in [1.807, 2.05) is 47.4 Å². The van der Waals surface area contributed by atoms with Crippen LogP contribution in [0.4, 0.5) is 16.2 Å². The fourth-order valence-electron chi connectivity index (χ4n) is 3.22. The molecule has 1 N–H and O–H groups in total. The standard InChI is InChI=1S/C21H27N3O3/c1-4-16-5-7-17(8-6-16)22-21(25)24-13-11-23(12-14-24)19-10-9-18(26-2)15-20(19)27-3/h5-10,15H,4,11-14H2,1-3H3,(H,22,25). The van der Waals surface area contributed by atoms with Gasteiger partial charge in [0.2, 0.25) is 0 Å². The highest BCUT2D eigenvalue weighted by molar-refractivity contribution is 5.89. The van der Waals surface area contributed by atoms with Crippen LogP contribution in [-0.4, -0.2) is 51.3 Å². The van der Waals surface area contributed by atoms with Crippen molar-refractivity contribution >= 4 is 17.4 Å². The van der Waals surface area contributed by atoms with Crippen LogP contribution in [0.25, 0.3) is 0 Å². The number of nitrogens with zero attached hydrogens (tertiary/aromatic N) is 2. The molecule has 3 rings (SSSR count). The number of carbonyl (C=O) groups is 1. The fraction of sp³-hybridized carbons (Fsp3) is 0.381. The molecular formula is C21H27N3O3. The van der Waals surface area contributed by atoms with Gasteiger partial charge in [-0.3, -0.25) is 0 Å². The minimum atomic E-state index is -0.0550. The Labute approximate surface area is 160 Å². The van der Waals surface area contributed by atoms with E-state index >= 15 is 0 Å². The number of benzene rings is 2. The summed E-state index contributed by atoms with van der Waals surface area (Å²) in [6.07, 6.45) is 0.991. The van der Waals surface area contributed by atoms with Crippen molar-refractivity contribution in [1.82, 2.24) is 4.90 Å². The van der Waals surface area contributed by atoms with E-state index in [2.05, 4.69) is 17.1 Å². The van der Waals surface area contributed by atoms with Crippen LogP contribution in [0.2, 0.25) is 0 Å². The van der Waals surface area contributed by atoms with Crippen molar-refractivity contribution in [3.8, 4) is 11.5 Å². The van der Waals surface area contributed by atoms with Crippen LogP contribution in [0.3, 0.4) is 0 Å². The fourth-order valence-corrected chi connectivity index (χ4v) is 3.22. The molecule has 0 saturated carbocycles. The highest BCUT2D eigenvalue weighted by Gasteiger charge is 2.23. The quantitative estimate of drug-likeness (QED) is 0.875. The predicted molar refractivity (Wildman–Crippen MR) is 108 cm³/mol. The van der Waals surface area contributed by atoms with Gasteiger partial charge in [-0.25, -0.2) is 4.79 Å². The third-order valence-electron chi connectivity index (χ3n) is 4.91. The van der Waals surface area contributed by atoms with Gasteiger partial charge in [0, 0.05) is 37.9 Å². The average Bonchev–Trinajstić information content (AvgIpc) is 2.73. The second-order valence-corrected chi connectivity index (χ2v) is 6.49. The number of methoxy groups -OCH3 is 2. The Morgan fingerprint density at radius 2 is 1.70 bits per heavy atom. The molecule has 0 atom stereocenters. The SMILES string of the molecule is CCc1ccc(NC(=O)N2CCN(c3ccc(OC)cc3OC)CC2)cc1. The van der Waals surface area contributed by atoms with Crippen LogP contribution in [0, 0.1) is 0 Å². The molecule has 27 heavy (non-hydrogen) atoms. The van der Waals surface area contributed by atoms with E-state index in [-0.39, 0.29) is 6.03 Å². The summed E-state index contributed by atoms with van der Waals surface area (Å²) in [5.41, 5.74) is 3.11. The van der Waals surface area contributed by atoms with Crippen LogP contribution in [-0.2, 0) is 6.42 Å². The second kappa shape index (κ2) is 8.66. The molecule has 2 aromatic carbocycles. The summed E-state index contributed by atoms with van der Waals surface area (Å²) in [7, 11) is 3.30. The molecule has 6 heteroatoms. The van der Waals surface area contributed by atoms with E-state index in [1.54, 1.807) is 14.2 Å². The topological polar surface area (TPSA) is 54.0 Å². The lowest BCUT2D eigenvalue weighted by molar-refractivity contribution is 0.208. The summed E-state index contributed by atoms with van der Waals surface area (Å²) in [5.74, 6) is 1.55. The van der Waals surface area contributed by atoms with E-state index < -0.39 is 0 Å². The summed E-state index contributed by atoms with van der Waals surface area (Å²) in [6, 6.07) is 13.8. The van der Waals surface area contributed by atoms with Gasteiger partial charge in [-0.15, -0.1) is 0 Å². The summed E-state index contributed by atoms with van der Waals surface area (Å²) in [4.78, 5) is 16.6. The summed E-state index contributed by atoms with van der Waals surface area (Å²) >= 11 is 0. The molecule has 1 heterocycles. The molecule has 2 amide bonds. The first kappa shape index (κ1) is 18.9. The van der Waals surface area contributed by atoms with Crippen LogP contribution >= 0.6 is 0 Å². The van der Waals surface area contributed by atoms with Crippen LogP contribution < -0.4 is 19.7 Å². The summed E-state index contributed by atoms with van der Waals surface area (Å²) in [6.45, 7) is 4.95. The number of aryl methyl sites for hydroxylation is 1. The van der Waals surface area contributed by atoms with Gasteiger partial charge < -0.3 is 24.6 Å². The van der Waals surface area contributed by atoms with Gasteiger partial charge >= 0.3 is 6.03 Å². The zero-order valence-electron chi connectivity index (χ0n) is 16.2. The monoisotopic (exact) mass is 369 g/mol. The van der Waals surface area contributed by atoms with Crippen molar-refractivity contribution in [2.75, 3.05) is 50.6 Å². The smallest absolute Gasteiger partial charge is 0.321 e. The maximum atomic E-state index is 12.5. The lowest BCUT2D eigenvalue weighted by Gasteiger charge is -2.36. The minimum absolute atomic E-state index is 0.0550. The molecule has 6 nitrogen and oxygen atoms in total. The number of hydrogen-bond donors (Lipinski definition) is 1. The lowest BCUT2D eigenvalue weighted by atomic mass is 10.1. The molecule has 1 aliphatic heterocycles. The Morgan fingerprint density at radius 3 is 2.30 bits per heavy atom. The van der Waals surface area contributed by atoms with Gasteiger partial charge in [0.25, 0.3) is 0 Å². The number of hydrogen-bond acceptors (Lipinski definition) is 4. The first-order valence-corrected chi connectivity index (χ1v) is 9.26. The third-order valence-corrected chi connectivity index (χ3v) is 4.91. The second-order valence-electron chi connectivity index (χ2n) is 6.49. The molecule has 0 unspecified atom stereocenters. The summed E-state index contributed by atoms with van der Waals surface area (Å²) in [5, 5.41) is 2.98. The molecule has 2 aromatic rings. The minimum Gasteiger partial charge on any atom is -0.497 e. The average molecular weight is 369 g/mol. The molecule has 1 aliphatic rings. The first-order chi connectivity index (χ1) is 13.1. The molecule has 0 spiro atoms. The van der Waals surface area contributed by atoms with Gasteiger partial charge in [-0.05, 0) is 36.2 Å². The molecule has 0 radical (unpaired) electrons. The van der Waals surface area contributed by atoms with Crippen molar-refractivity contribution in [1.29, 1.82) is 0 Å². The van der Waals surface area contributed by atoms with Gasteiger partial charge in [0.05, 0.1) is 19.9 Å². The van der Waals surface area contributed by atoms with E-state index in [9.17, 15) is 4.79 Å². The number of amides is 2. The normalized spacial score (nSPS) is 14.0. The highest BCUT2D eigenvalue weighted by Crippen LogP contribution is 2.32. The van der Waals surface area contributed by atoms with E-state index in [1.165, 1.54) is 5.56 Å². The number of piperazine rings is 1. The summed E-state index contributed by atoms with van der Waals surface area (Å²) < 4.78 is 10.8. The van der Waals surface area contributed by atoms with Crippen molar-refractivity contribution in [3.63, 3.8) is 0 Å². The molecule has 0 aliphatic carbocycles. The van der Waals surface area contributed by atoms with E-state index in [0.29, 0.717) is 13.1 Å². The van der Waals surface area contributed by atoms with Crippen molar-refractivity contribution in [3.05, 3.63) is 48.0 Å². The molecule has 0 bridgehead atoms. The molecule has 0 aromatic heterocycles. The maximum Gasteiger partial charge on any atom is 0.321 e. The third kappa shape index (κ3) is 4.45. The Morgan fingerprint density at radius 1 is 1.00 bits per heavy atom. The highest BCUT2D eigenvalue weighted by atomic mass is 16.5. The molecule has 144 valence electrons. The maximum absolute atomic E-state index is 12.5. The van der Waals surface area contributed by atoms with E-state index in [4.69, 9.17) is 9.47 Å². The molecule has 1 fully saturated rings. The number of carbonyl (C=O) groups excluding carboxylic acids is 1. The van der Waals surface area contributed by atoms with Crippen LogP contribution in [0.1, 0.15) is 12.5 Å². The zero-order valence-corrected chi connectivity index (χ0v) is 16.2. The number of urea groups is 1. The van der Waals surface area contributed by atoms with Crippen molar-refractivity contribution in [2.45, 2.75) is 13.3 Å². The Hall–Kier alpha value is -2.89. The van der Waals surface area contributed by atoms with Crippen molar-refractivity contribution < 1.29 is 14.3 Å². The number of ether oxygens (including phenoxy) is 2. The van der Waals surface area contributed by atoms with Gasteiger partial charge in [0.15, 0.2) is 0 Å². The predicted octanol–water partition coefficient (Wildman–Crippen LogP) is 3.62. The zero-order chi connectivity index (χ0) is 19.2. The van der Waals surface area contributed by atoms with Gasteiger partial charge in [0.1, 0.15) is 11.5 Å². The van der Waals surface area contributed by atoms with E-state index in [0.717, 1.165) is 42.4 Å². The van der Waals surface area contributed by atoms with Crippen molar-refractivity contribution in [2.24, 2.45) is 0 Å². The van der Waals surface area contributed by atoms with Gasteiger partial charge in [-0.1, -0.05) is 19.1 Å². The van der Waals surface area contributed by atoms with Gasteiger partial charge in [-0.2, -0.15) is 0 Å². The molecular weight excluding hydrogens is 342 g/mol. The number of nitrogens with one attached hydrogen (secondary N) is 1. The Bertz CT molecular complexity index is 769. The largest absolute Gasteiger partial charge is 0.497 e.